The van der Waals surface area contributed by atoms with Crippen LogP contribution in [0.2, 0.25) is 10.0 Å². The topological polar surface area (TPSA) is 12.0 Å². The number of nitrogens with one attached hydrogen (secondary N) is 1. The van der Waals surface area contributed by atoms with Gasteiger partial charge in [0.25, 0.3) is 0 Å². The van der Waals surface area contributed by atoms with Crippen LogP contribution in [0.1, 0.15) is 24.1 Å². The molecule has 19 heavy (non-hydrogen) atoms. The van der Waals surface area contributed by atoms with Crippen molar-refractivity contribution in [2.24, 2.45) is 0 Å². The van der Waals surface area contributed by atoms with Gasteiger partial charge in [-0.25, -0.2) is 0 Å². The Morgan fingerprint density at radius 3 is 2.32 bits per heavy atom. The lowest BCUT2D eigenvalue weighted by Gasteiger charge is -2.14. The normalized spacial score (nSPS) is 11.7. The highest BCUT2D eigenvalue weighted by Crippen LogP contribution is 2.23. The molecule has 0 bridgehead atoms. The summed E-state index contributed by atoms with van der Waals surface area (Å²) in [6.07, 6.45) is 0. The van der Waals surface area contributed by atoms with E-state index in [0.29, 0.717) is 16.1 Å². The van der Waals surface area contributed by atoms with Crippen molar-refractivity contribution in [3.05, 3.63) is 69.7 Å². The monoisotopic (exact) mass is 315 g/mol. The number of benzene rings is 2. The van der Waals surface area contributed by atoms with E-state index in [9.17, 15) is 0 Å². The maximum absolute atomic E-state index is 5.99. The van der Waals surface area contributed by atoms with Gasteiger partial charge >= 0.3 is 0 Å². The SMILES string of the molecule is CC(NCc1ccc(Cl)c(Cl)c1)c1ccccc1.Cl. The quantitative estimate of drug-likeness (QED) is 0.810. The van der Waals surface area contributed by atoms with Crippen LogP contribution in [0.3, 0.4) is 0 Å². The average Bonchev–Trinajstić information content (AvgIpc) is 2.41. The third kappa shape index (κ3) is 4.70. The van der Waals surface area contributed by atoms with Gasteiger partial charge in [-0.1, -0.05) is 59.6 Å². The van der Waals surface area contributed by atoms with E-state index < -0.39 is 0 Å². The van der Waals surface area contributed by atoms with E-state index in [2.05, 4.69) is 24.4 Å². The molecule has 2 rings (SSSR count). The Bertz CT molecular complexity index is 514. The first kappa shape index (κ1) is 16.3. The van der Waals surface area contributed by atoms with E-state index in [1.54, 1.807) is 0 Å². The molecule has 0 spiro atoms. The van der Waals surface area contributed by atoms with Crippen molar-refractivity contribution in [2.45, 2.75) is 19.5 Å². The molecule has 0 radical (unpaired) electrons. The zero-order chi connectivity index (χ0) is 13.0. The van der Waals surface area contributed by atoms with Gasteiger partial charge < -0.3 is 5.32 Å². The van der Waals surface area contributed by atoms with Gasteiger partial charge in [-0.2, -0.15) is 0 Å². The summed E-state index contributed by atoms with van der Waals surface area (Å²) < 4.78 is 0. The van der Waals surface area contributed by atoms with Gasteiger partial charge in [0.15, 0.2) is 0 Å². The van der Waals surface area contributed by atoms with Crippen molar-refractivity contribution in [1.82, 2.24) is 5.32 Å². The molecule has 0 aromatic heterocycles. The molecule has 0 saturated carbocycles. The van der Waals surface area contributed by atoms with E-state index in [0.717, 1.165) is 12.1 Å². The van der Waals surface area contributed by atoms with E-state index in [1.807, 2.05) is 36.4 Å². The lowest BCUT2D eigenvalue weighted by atomic mass is 10.1. The highest BCUT2D eigenvalue weighted by molar-refractivity contribution is 6.42. The summed E-state index contributed by atoms with van der Waals surface area (Å²) in [5.74, 6) is 0. The highest BCUT2D eigenvalue weighted by atomic mass is 35.5. The Balaban J connectivity index is 0.00000180. The van der Waals surface area contributed by atoms with E-state index in [4.69, 9.17) is 23.2 Å². The van der Waals surface area contributed by atoms with E-state index in [-0.39, 0.29) is 12.4 Å². The van der Waals surface area contributed by atoms with Crippen LogP contribution < -0.4 is 5.32 Å². The molecule has 1 atom stereocenters. The standard InChI is InChI=1S/C15H15Cl2N.ClH/c1-11(13-5-3-2-4-6-13)18-10-12-7-8-14(16)15(17)9-12;/h2-9,11,18H,10H2,1H3;1H. The largest absolute Gasteiger partial charge is 0.306 e. The smallest absolute Gasteiger partial charge is 0.0595 e. The van der Waals surface area contributed by atoms with Crippen molar-refractivity contribution in [3.8, 4) is 0 Å². The van der Waals surface area contributed by atoms with Gasteiger partial charge in [0.1, 0.15) is 0 Å². The van der Waals surface area contributed by atoms with Crippen LogP contribution in [0.5, 0.6) is 0 Å². The van der Waals surface area contributed by atoms with Crippen LogP contribution in [0.15, 0.2) is 48.5 Å². The van der Waals surface area contributed by atoms with Crippen molar-refractivity contribution in [3.63, 3.8) is 0 Å². The van der Waals surface area contributed by atoms with Gasteiger partial charge in [-0.15, -0.1) is 12.4 Å². The first-order chi connectivity index (χ1) is 8.66. The summed E-state index contributed by atoms with van der Waals surface area (Å²) in [6.45, 7) is 2.92. The minimum Gasteiger partial charge on any atom is -0.306 e. The van der Waals surface area contributed by atoms with Crippen LogP contribution in [-0.4, -0.2) is 0 Å². The van der Waals surface area contributed by atoms with Gasteiger partial charge in [0.2, 0.25) is 0 Å². The Labute approximate surface area is 130 Å². The fourth-order valence-corrected chi connectivity index (χ4v) is 2.10. The molecule has 1 nitrogen and oxygen atoms in total. The number of hydrogen-bond donors (Lipinski definition) is 1. The third-order valence-electron chi connectivity index (χ3n) is 2.90. The minimum absolute atomic E-state index is 0. The third-order valence-corrected chi connectivity index (χ3v) is 3.63. The van der Waals surface area contributed by atoms with Crippen molar-refractivity contribution in [1.29, 1.82) is 0 Å². The van der Waals surface area contributed by atoms with Crippen LogP contribution in [0.4, 0.5) is 0 Å². The Morgan fingerprint density at radius 1 is 1.00 bits per heavy atom. The molecule has 0 heterocycles. The van der Waals surface area contributed by atoms with Crippen LogP contribution in [-0.2, 0) is 6.54 Å². The molecule has 2 aromatic carbocycles. The molecule has 0 aliphatic rings. The van der Waals surface area contributed by atoms with Gasteiger partial charge in [0, 0.05) is 12.6 Å². The first-order valence-electron chi connectivity index (χ1n) is 5.89. The van der Waals surface area contributed by atoms with Crippen LogP contribution in [0, 0.1) is 0 Å². The molecule has 0 fully saturated rings. The molecule has 4 heteroatoms. The predicted molar refractivity (Wildman–Crippen MR) is 85.4 cm³/mol. The molecule has 0 aliphatic carbocycles. The zero-order valence-electron chi connectivity index (χ0n) is 10.6. The fraction of sp³-hybridized carbons (Fsp3) is 0.200. The summed E-state index contributed by atoms with van der Waals surface area (Å²) in [6, 6.07) is 16.4. The average molecular weight is 317 g/mol. The second kappa shape index (κ2) is 7.76. The molecule has 0 saturated heterocycles. The first-order valence-corrected chi connectivity index (χ1v) is 6.64. The van der Waals surface area contributed by atoms with E-state index in [1.165, 1.54) is 5.56 Å². The summed E-state index contributed by atoms with van der Waals surface area (Å²) in [5, 5.41) is 4.65. The zero-order valence-corrected chi connectivity index (χ0v) is 12.9. The highest BCUT2D eigenvalue weighted by Gasteiger charge is 2.05. The van der Waals surface area contributed by atoms with Crippen molar-refractivity contribution >= 4 is 35.6 Å². The minimum atomic E-state index is 0. The number of halogens is 3. The maximum Gasteiger partial charge on any atom is 0.0595 e. The maximum atomic E-state index is 5.99. The summed E-state index contributed by atoms with van der Waals surface area (Å²) in [4.78, 5) is 0. The molecule has 102 valence electrons. The second-order valence-corrected chi connectivity index (χ2v) is 5.08. The Kier molecular flexibility index (Phi) is 6.67. The van der Waals surface area contributed by atoms with Crippen LogP contribution >= 0.6 is 35.6 Å². The van der Waals surface area contributed by atoms with Gasteiger partial charge in [-0.05, 0) is 30.2 Å². The molecule has 2 aromatic rings. The molecular weight excluding hydrogens is 301 g/mol. The summed E-state index contributed by atoms with van der Waals surface area (Å²) in [5.41, 5.74) is 2.41. The lowest BCUT2D eigenvalue weighted by molar-refractivity contribution is 0.575. The van der Waals surface area contributed by atoms with Gasteiger partial charge in [0.05, 0.1) is 10.0 Å². The molecular formula is C15H16Cl3N. The summed E-state index contributed by atoms with van der Waals surface area (Å²) in [7, 11) is 0. The molecule has 0 amide bonds. The summed E-state index contributed by atoms with van der Waals surface area (Å²) >= 11 is 11.9. The lowest BCUT2D eigenvalue weighted by Crippen LogP contribution is -2.17. The van der Waals surface area contributed by atoms with Crippen molar-refractivity contribution in [2.75, 3.05) is 0 Å². The fourth-order valence-electron chi connectivity index (χ4n) is 1.78. The molecule has 1 unspecified atom stereocenters. The number of hydrogen-bond acceptors (Lipinski definition) is 1. The second-order valence-electron chi connectivity index (χ2n) is 4.26. The molecule has 0 aliphatic heterocycles. The Morgan fingerprint density at radius 2 is 1.68 bits per heavy atom. The van der Waals surface area contributed by atoms with Crippen molar-refractivity contribution < 1.29 is 0 Å². The van der Waals surface area contributed by atoms with Gasteiger partial charge in [-0.3, -0.25) is 0 Å². The number of rotatable bonds is 4. The Hall–Kier alpha value is -0.730. The van der Waals surface area contributed by atoms with Crippen LogP contribution in [0.25, 0.3) is 0 Å². The predicted octanol–water partition coefficient (Wildman–Crippen LogP) is 5.27. The molecule has 1 N–H and O–H groups in total. The van der Waals surface area contributed by atoms with E-state index >= 15 is 0 Å².